The quantitative estimate of drug-likeness (QED) is 0.869. The van der Waals surface area contributed by atoms with Crippen LogP contribution in [0.2, 0.25) is 0 Å². The average molecular weight is 248 g/mol. The van der Waals surface area contributed by atoms with Crippen molar-refractivity contribution < 1.29 is 9.84 Å². The van der Waals surface area contributed by atoms with Gasteiger partial charge in [0.1, 0.15) is 0 Å². The Morgan fingerprint density at radius 1 is 1.11 bits per heavy atom. The molecule has 2 rings (SSSR count). The molecule has 1 N–H and O–H groups in total. The highest BCUT2D eigenvalue weighted by molar-refractivity contribution is 5.35. The normalized spacial score (nSPS) is 33.7. The summed E-state index contributed by atoms with van der Waals surface area (Å²) in [4.78, 5) is 0. The Bertz CT molecular complexity index is 427. The van der Waals surface area contributed by atoms with Crippen molar-refractivity contribution in [3.05, 3.63) is 34.9 Å². The first-order valence-corrected chi connectivity index (χ1v) is 6.83. The van der Waals surface area contributed by atoms with Gasteiger partial charge in [0, 0.05) is 5.92 Å². The van der Waals surface area contributed by atoms with Crippen molar-refractivity contribution in [2.24, 2.45) is 11.8 Å². The molecular weight excluding hydrogens is 224 g/mol. The number of hydrogen-bond donors (Lipinski definition) is 1. The van der Waals surface area contributed by atoms with Gasteiger partial charge in [0.15, 0.2) is 0 Å². The van der Waals surface area contributed by atoms with Crippen molar-refractivity contribution in [3.63, 3.8) is 0 Å². The molecule has 1 fully saturated rings. The van der Waals surface area contributed by atoms with E-state index in [1.165, 1.54) is 11.1 Å². The molecule has 2 heteroatoms. The first-order valence-electron chi connectivity index (χ1n) is 6.83. The molecule has 0 aromatic heterocycles. The summed E-state index contributed by atoms with van der Waals surface area (Å²) in [6, 6.07) is 6.15. The largest absolute Gasteiger partial charge is 0.388 e. The van der Waals surface area contributed by atoms with Gasteiger partial charge in [0.25, 0.3) is 0 Å². The SMILES string of the molecule is Cc1cccc(C(O)C2C(C)OC(C)C2C)c1C. The van der Waals surface area contributed by atoms with Crippen LogP contribution in [0.25, 0.3) is 0 Å². The molecule has 1 saturated heterocycles. The van der Waals surface area contributed by atoms with E-state index < -0.39 is 6.10 Å². The molecule has 0 spiro atoms. The van der Waals surface area contributed by atoms with Crippen LogP contribution in [-0.4, -0.2) is 17.3 Å². The van der Waals surface area contributed by atoms with Gasteiger partial charge in [-0.15, -0.1) is 0 Å². The predicted molar refractivity (Wildman–Crippen MR) is 73.5 cm³/mol. The lowest BCUT2D eigenvalue weighted by atomic mass is 9.81. The Balaban J connectivity index is 2.31. The molecular formula is C16H24O2. The number of hydrogen-bond acceptors (Lipinski definition) is 2. The number of aliphatic hydroxyl groups is 1. The van der Waals surface area contributed by atoms with Gasteiger partial charge in [-0.25, -0.2) is 0 Å². The first-order chi connectivity index (χ1) is 8.43. The Morgan fingerprint density at radius 2 is 1.78 bits per heavy atom. The van der Waals surface area contributed by atoms with E-state index in [1.807, 2.05) is 12.1 Å². The van der Waals surface area contributed by atoms with Gasteiger partial charge in [-0.05, 0) is 50.3 Å². The third kappa shape index (κ3) is 2.19. The topological polar surface area (TPSA) is 29.5 Å². The second-order valence-electron chi connectivity index (χ2n) is 5.72. The van der Waals surface area contributed by atoms with Crippen molar-refractivity contribution in [1.29, 1.82) is 0 Å². The lowest BCUT2D eigenvalue weighted by molar-refractivity contribution is 0.0229. The number of ether oxygens (including phenoxy) is 1. The number of aryl methyl sites for hydroxylation is 1. The summed E-state index contributed by atoms with van der Waals surface area (Å²) in [5.74, 6) is 0.565. The summed E-state index contributed by atoms with van der Waals surface area (Å²) >= 11 is 0. The van der Waals surface area contributed by atoms with E-state index in [4.69, 9.17) is 4.74 Å². The van der Waals surface area contributed by atoms with Crippen LogP contribution in [0.1, 0.15) is 43.6 Å². The van der Waals surface area contributed by atoms with Crippen LogP contribution in [-0.2, 0) is 4.74 Å². The smallest absolute Gasteiger partial charge is 0.0849 e. The highest BCUT2D eigenvalue weighted by Gasteiger charge is 2.41. The zero-order chi connectivity index (χ0) is 13.4. The molecule has 2 nitrogen and oxygen atoms in total. The van der Waals surface area contributed by atoms with Crippen LogP contribution in [0, 0.1) is 25.7 Å². The molecule has 0 amide bonds. The van der Waals surface area contributed by atoms with Crippen LogP contribution >= 0.6 is 0 Å². The van der Waals surface area contributed by atoms with E-state index in [-0.39, 0.29) is 18.1 Å². The zero-order valence-electron chi connectivity index (χ0n) is 12.0. The summed E-state index contributed by atoms with van der Waals surface area (Å²) in [6.07, 6.45) is -0.0884. The van der Waals surface area contributed by atoms with E-state index in [0.29, 0.717) is 5.92 Å². The van der Waals surface area contributed by atoms with Gasteiger partial charge in [0.2, 0.25) is 0 Å². The average Bonchev–Trinajstić information content (AvgIpc) is 2.56. The third-order valence-corrected chi connectivity index (χ3v) is 4.65. The van der Waals surface area contributed by atoms with Crippen LogP contribution < -0.4 is 0 Å². The fourth-order valence-electron chi connectivity index (χ4n) is 3.14. The van der Waals surface area contributed by atoms with Gasteiger partial charge in [-0.2, -0.15) is 0 Å². The molecule has 5 unspecified atom stereocenters. The Morgan fingerprint density at radius 3 is 2.33 bits per heavy atom. The van der Waals surface area contributed by atoms with Gasteiger partial charge >= 0.3 is 0 Å². The summed E-state index contributed by atoms with van der Waals surface area (Å²) in [5.41, 5.74) is 3.49. The number of benzene rings is 1. The molecule has 0 bridgehead atoms. The maximum absolute atomic E-state index is 10.7. The highest BCUT2D eigenvalue weighted by Crippen LogP contribution is 2.41. The van der Waals surface area contributed by atoms with Gasteiger partial charge < -0.3 is 9.84 Å². The lowest BCUT2D eigenvalue weighted by Gasteiger charge is -2.26. The van der Waals surface area contributed by atoms with Crippen molar-refractivity contribution in [2.45, 2.75) is 52.9 Å². The summed E-state index contributed by atoms with van der Waals surface area (Å²) < 4.78 is 5.84. The maximum atomic E-state index is 10.7. The van der Waals surface area contributed by atoms with Gasteiger partial charge in [0.05, 0.1) is 18.3 Å². The fourth-order valence-corrected chi connectivity index (χ4v) is 3.14. The molecule has 1 aromatic rings. The monoisotopic (exact) mass is 248 g/mol. The second-order valence-corrected chi connectivity index (χ2v) is 5.72. The molecule has 5 atom stereocenters. The fraction of sp³-hybridized carbons (Fsp3) is 0.625. The molecule has 18 heavy (non-hydrogen) atoms. The van der Waals surface area contributed by atoms with Crippen molar-refractivity contribution in [3.8, 4) is 0 Å². The molecule has 0 saturated carbocycles. The minimum absolute atomic E-state index is 0.116. The molecule has 0 radical (unpaired) electrons. The van der Waals surface area contributed by atoms with E-state index >= 15 is 0 Å². The van der Waals surface area contributed by atoms with Crippen LogP contribution in [0.5, 0.6) is 0 Å². The van der Waals surface area contributed by atoms with Crippen LogP contribution in [0.4, 0.5) is 0 Å². The third-order valence-electron chi connectivity index (χ3n) is 4.65. The van der Waals surface area contributed by atoms with E-state index in [1.54, 1.807) is 0 Å². The minimum Gasteiger partial charge on any atom is -0.388 e. The highest BCUT2D eigenvalue weighted by atomic mass is 16.5. The first kappa shape index (κ1) is 13.6. The zero-order valence-corrected chi connectivity index (χ0v) is 12.0. The standard InChI is InChI=1S/C16H24O2/c1-9-7-6-8-14(10(9)2)16(17)15-11(3)12(4)18-13(15)5/h6-8,11-13,15-17H,1-5H3. The summed E-state index contributed by atoms with van der Waals surface area (Å²) in [5, 5.41) is 10.7. The molecule has 1 heterocycles. The van der Waals surface area contributed by atoms with Crippen molar-refractivity contribution in [1.82, 2.24) is 0 Å². The maximum Gasteiger partial charge on any atom is 0.0849 e. The van der Waals surface area contributed by atoms with E-state index in [9.17, 15) is 5.11 Å². The minimum atomic E-state index is -0.431. The molecule has 100 valence electrons. The van der Waals surface area contributed by atoms with E-state index in [0.717, 1.165) is 5.56 Å². The Kier molecular flexibility index (Phi) is 3.79. The second kappa shape index (κ2) is 5.02. The van der Waals surface area contributed by atoms with Gasteiger partial charge in [-0.3, -0.25) is 0 Å². The molecule has 1 aliphatic rings. The van der Waals surface area contributed by atoms with Gasteiger partial charge in [-0.1, -0.05) is 25.1 Å². The number of rotatable bonds is 2. The Hall–Kier alpha value is -0.860. The van der Waals surface area contributed by atoms with Crippen LogP contribution in [0.15, 0.2) is 18.2 Å². The van der Waals surface area contributed by atoms with E-state index in [2.05, 4.69) is 40.7 Å². The predicted octanol–water partition coefficient (Wildman–Crippen LogP) is 3.40. The molecule has 0 aliphatic carbocycles. The summed E-state index contributed by atoms with van der Waals surface area (Å²) in [6.45, 7) is 10.5. The van der Waals surface area contributed by atoms with Crippen molar-refractivity contribution >= 4 is 0 Å². The van der Waals surface area contributed by atoms with Crippen LogP contribution in [0.3, 0.4) is 0 Å². The lowest BCUT2D eigenvalue weighted by Crippen LogP contribution is -2.25. The molecule has 1 aromatic carbocycles. The molecule has 1 aliphatic heterocycles. The Labute approximate surface area is 110 Å². The number of aliphatic hydroxyl groups excluding tert-OH is 1. The summed E-state index contributed by atoms with van der Waals surface area (Å²) in [7, 11) is 0. The van der Waals surface area contributed by atoms with Crippen molar-refractivity contribution in [2.75, 3.05) is 0 Å².